The van der Waals surface area contributed by atoms with Crippen LogP contribution in [0.4, 0.5) is 0 Å². The highest BCUT2D eigenvalue weighted by Crippen LogP contribution is 2.36. The van der Waals surface area contributed by atoms with Gasteiger partial charge in [-0.05, 0) is 18.6 Å². The average molecular weight is 273 g/mol. The second-order valence-electron chi connectivity index (χ2n) is 3.96. The van der Waals surface area contributed by atoms with Crippen molar-refractivity contribution in [1.29, 1.82) is 0 Å². The predicted octanol–water partition coefficient (Wildman–Crippen LogP) is 2.04. The third kappa shape index (κ3) is 2.06. The van der Waals surface area contributed by atoms with Crippen LogP contribution in [0.3, 0.4) is 0 Å². The summed E-state index contributed by atoms with van der Waals surface area (Å²) in [5, 5.41) is 0.738. The standard InChI is InChI=1S/C11H12BClO3.H2S/c1-2-8-10-7(13)3-4-9-11(10)12(16-8)15-6-5-14-9;/h3-4,8H,2,5-6H2,1H3;1H2/t8-;/m1./s1. The van der Waals surface area contributed by atoms with E-state index in [0.29, 0.717) is 13.2 Å². The number of benzene rings is 1. The van der Waals surface area contributed by atoms with Crippen molar-refractivity contribution >= 4 is 37.7 Å². The van der Waals surface area contributed by atoms with Crippen molar-refractivity contribution < 1.29 is 14.0 Å². The molecule has 0 radical (unpaired) electrons. The summed E-state index contributed by atoms with van der Waals surface area (Å²) in [7, 11) is -0.309. The molecule has 3 nitrogen and oxygen atoms in total. The summed E-state index contributed by atoms with van der Waals surface area (Å²) < 4.78 is 17.1. The Morgan fingerprint density at radius 2 is 2.24 bits per heavy atom. The number of rotatable bonds is 1. The smallest absolute Gasteiger partial charge is 0.492 e. The van der Waals surface area contributed by atoms with E-state index in [1.807, 2.05) is 12.1 Å². The highest BCUT2D eigenvalue weighted by Gasteiger charge is 2.42. The zero-order chi connectivity index (χ0) is 11.1. The van der Waals surface area contributed by atoms with Crippen LogP contribution >= 0.6 is 25.1 Å². The van der Waals surface area contributed by atoms with Gasteiger partial charge >= 0.3 is 7.12 Å². The van der Waals surface area contributed by atoms with Crippen LogP contribution in [-0.2, 0) is 9.31 Å². The minimum atomic E-state index is -0.309. The van der Waals surface area contributed by atoms with Gasteiger partial charge in [-0.2, -0.15) is 13.5 Å². The molecule has 1 atom stereocenters. The lowest BCUT2D eigenvalue weighted by Gasteiger charge is -2.13. The molecule has 3 rings (SSSR count). The maximum Gasteiger partial charge on any atom is 0.498 e. The van der Waals surface area contributed by atoms with Gasteiger partial charge in [0.2, 0.25) is 0 Å². The molecule has 0 aliphatic carbocycles. The summed E-state index contributed by atoms with van der Waals surface area (Å²) in [5.74, 6) is 0.845. The maximum absolute atomic E-state index is 6.22. The van der Waals surface area contributed by atoms with Crippen LogP contribution in [0.1, 0.15) is 25.0 Å². The van der Waals surface area contributed by atoms with Crippen LogP contribution in [-0.4, -0.2) is 20.3 Å². The summed E-state index contributed by atoms with van der Waals surface area (Å²) in [6.07, 6.45) is 0.907. The lowest BCUT2D eigenvalue weighted by molar-refractivity contribution is 0.141. The molecule has 0 fully saturated rings. The van der Waals surface area contributed by atoms with E-state index in [0.717, 1.165) is 28.2 Å². The first-order valence-electron chi connectivity index (χ1n) is 5.53. The first kappa shape index (κ1) is 13.1. The van der Waals surface area contributed by atoms with Gasteiger partial charge in [0.15, 0.2) is 0 Å². The van der Waals surface area contributed by atoms with E-state index in [9.17, 15) is 0 Å². The summed E-state index contributed by atoms with van der Waals surface area (Å²) in [6, 6.07) is 3.76. The second kappa shape index (κ2) is 5.10. The first-order chi connectivity index (χ1) is 7.81. The van der Waals surface area contributed by atoms with Crippen molar-refractivity contribution in [3.63, 3.8) is 0 Å². The van der Waals surface area contributed by atoms with Crippen molar-refractivity contribution in [3.05, 3.63) is 22.7 Å². The molecule has 2 aliphatic rings. The highest BCUT2D eigenvalue weighted by atomic mass is 35.5. The van der Waals surface area contributed by atoms with Crippen LogP contribution in [0, 0.1) is 0 Å². The summed E-state index contributed by atoms with van der Waals surface area (Å²) in [6.45, 7) is 3.18. The van der Waals surface area contributed by atoms with Gasteiger partial charge in [-0.1, -0.05) is 18.5 Å². The zero-order valence-electron chi connectivity index (χ0n) is 9.53. The van der Waals surface area contributed by atoms with E-state index in [2.05, 4.69) is 6.92 Å². The van der Waals surface area contributed by atoms with Crippen molar-refractivity contribution in [2.45, 2.75) is 19.4 Å². The minimum Gasteiger partial charge on any atom is -0.492 e. The lowest BCUT2D eigenvalue weighted by Crippen LogP contribution is -2.31. The molecule has 0 bridgehead atoms. The number of hydrogen-bond donors (Lipinski definition) is 0. The van der Waals surface area contributed by atoms with Gasteiger partial charge in [0.1, 0.15) is 12.4 Å². The van der Waals surface area contributed by atoms with Crippen molar-refractivity contribution in [3.8, 4) is 5.75 Å². The Morgan fingerprint density at radius 3 is 3.00 bits per heavy atom. The Bertz CT molecular complexity index is 429. The molecule has 2 aliphatic heterocycles. The molecule has 0 unspecified atom stereocenters. The molecule has 0 N–H and O–H groups in total. The van der Waals surface area contributed by atoms with Gasteiger partial charge < -0.3 is 14.0 Å². The predicted molar refractivity (Wildman–Crippen MR) is 72.8 cm³/mol. The summed E-state index contributed by atoms with van der Waals surface area (Å²) in [4.78, 5) is 0. The molecule has 2 heterocycles. The van der Waals surface area contributed by atoms with Gasteiger partial charge in [-0.3, -0.25) is 0 Å². The van der Waals surface area contributed by atoms with Crippen LogP contribution in [0.2, 0.25) is 5.02 Å². The highest BCUT2D eigenvalue weighted by molar-refractivity contribution is 7.59. The number of hydrogen-bond acceptors (Lipinski definition) is 3. The van der Waals surface area contributed by atoms with Crippen LogP contribution < -0.4 is 10.2 Å². The van der Waals surface area contributed by atoms with Gasteiger partial charge in [0.25, 0.3) is 0 Å². The maximum atomic E-state index is 6.22. The molecule has 0 saturated heterocycles. The fraction of sp³-hybridized carbons (Fsp3) is 0.455. The first-order valence-corrected chi connectivity index (χ1v) is 5.91. The SMILES string of the molecule is CC[C@H]1OB2OCCOc3ccc(Cl)c1c32.S. The molecule has 1 aromatic carbocycles. The van der Waals surface area contributed by atoms with E-state index in [-0.39, 0.29) is 26.7 Å². The Kier molecular flexibility index (Phi) is 3.93. The van der Waals surface area contributed by atoms with Gasteiger partial charge in [-0.25, -0.2) is 0 Å². The normalized spacial score (nSPS) is 21.3. The molecule has 0 saturated carbocycles. The zero-order valence-corrected chi connectivity index (χ0v) is 11.3. The third-order valence-electron chi connectivity index (χ3n) is 3.02. The molecule has 0 amide bonds. The van der Waals surface area contributed by atoms with Gasteiger partial charge in [0.05, 0.1) is 12.7 Å². The van der Waals surface area contributed by atoms with Crippen molar-refractivity contribution in [1.82, 2.24) is 0 Å². The molecule has 6 heteroatoms. The van der Waals surface area contributed by atoms with Crippen molar-refractivity contribution in [2.75, 3.05) is 13.2 Å². The summed E-state index contributed by atoms with van der Waals surface area (Å²) in [5.41, 5.74) is 2.02. The third-order valence-corrected chi connectivity index (χ3v) is 3.35. The quantitative estimate of drug-likeness (QED) is 0.732. The Hall–Kier alpha value is -0.355. The monoisotopic (exact) mass is 272 g/mol. The van der Waals surface area contributed by atoms with Gasteiger partial charge in [-0.15, -0.1) is 0 Å². The van der Waals surface area contributed by atoms with Crippen LogP contribution in [0.25, 0.3) is 0 Å². The Balaban J connectivity index is 0.00000108. The van der Waals surface area contributed by atoms with Gasteiger partial charge in [0, 0.05) is 16.0 Å². The van der Waals surface area contributed by atoms with Crippen molar-refractivity contribution in [2.24, 2.45) is 0 Å². The Morgan fingerprint density at radius 1 is 1.41 bits per heavy atom. The molecule has 1 aromatic rings. The molecular formula is C11H14BClO3S. The van der Waals surface area contributed by atoms with E-state index >= 15 is 0 Å². The molecular weight excluding hydrogens is 258 g/mol. The van der Waals surface area contributed by atoms with Crippen LogP contribution in [0.15, 0.2) is 12.1 Å². The second-order valence-corrected chi connectivity index (χ2v) is 4.36. The summed E-state index contributed by atoms with van der Waals surface area (Å²) >= 11 is 6.22. The Labute approximate surface area is 113 Å². The van der Waals surface area contributed by atoms with E-state index < -0.39 is 0 Å². The van der Waals surface area contributed by atoms with E-state index in [4.69, 9.17) is 25.6 Å². The molecule has 0 aromatic heterocycles. The molecule has 0 spiro atoms. The fourth-order valence-electron chi connectivity index (χ4n) is 2.30. The minimum absolute atomic E-state index is 0. The fourth-order valence-corrected chi connectivity index (χ4v) is 2.59. The topological polar surface area (TPSA) is 27.7 Å². The lowest BCUT2D eigenvalue weighted by atomic mass is 9.77. The largest absolute Gasteiger partial charge is 0.498 e. The average Bonchev–Trinajstić information content (AvgIpc) is 2.55. The number of ether oxygens (including phenoxy) is 1. The van der Waals surface area contributed by atoms with Crippen LogP contribution in [0.5, 0.6) is 5.75 Å². The molecule has 92 valence electrons. The van der Waals surface area contributed by atoms with E-state index in [1.54, 1.807) is 0 Å². The molecule has 17 heavy (non-hydrogen) atoms. The van der Waals surface area contributed by atoms with E-state index in [1.165, 1.54) is 0 Å². The number of halogens is 1.